The summed E-state index contributed by atoms with van der Waals surface area (Å²) in [5.41, 5.74) is 4.69. The zero-order valence-corrected chi connectivity index (χ0v) is 21.1. The molecule has 0 bridgehead atoms. The van der Waals surface area contributed by atoms with Crippen molar-refractivity contribution in [2.75, 3.05) is 13.1 Å². The van der Waals surface area contributed by atoms with Gasteiger partial charge in [0.2, 0.25) is 5.91 Å². The van der Waals surface area contributed by atoms with Gasteiger partial charge in [-0.25, -0.2) is 0 Å². The molecule has 2 aromatic carbocycles. The van der Waals surface area contributed by atoms with E-state index in [1.54, 1.807) is 12.1 Å². The first-order valence-corrected chi connectivity index (χ1v) is 13.0. The summed E-state index contributed by atoms with van der Waals surface area (Å²) < 4.78 is 11.7. The number of furan rings is 1. The Morgan fingerprint density at radius 3 is 2.69 bits per heavy atom. The molecule has 1 unspecified atom stereocenters. The molecule has 2 aliphatic rings. The first kappa shape index (κ1) is 24.2. The SMILES string of the molecule is CCNC(=O)c1ccc(COc2ccc3c(c2)C(c2cccc(C)c2)N(C(=O)C2CCCC2)CC3)o1. The molecule has 188 valence electrons. The predicted octanol–water partition coefficient (Wildman–Crippen LogP) is 5.58. The number of amides is 2. The number of hydrogen-bond acceptors (Lipinski definition) is 4. The maximum absolute atomic E-state index is 13.6. The molecule has 1 N–H and O–H groups in total. The van der Waals surface area contributed by atoms with E-state index < -0.39 is 0 Å². The normalized spacial score (nSPS) is 17.6. The standard InChI is InChI=1S/C30H34N2O4/c1-3-31-29(33)27-14-13-25(36-27)19-35-24-12-11-21-15-16-32(30(34)22-8-4-5-9-22)28(26(21)18-24)23-10-6-7-20(2)17-23/h6-7,10-14,17-18,22,28H,3-5,8-9,15-16,19H2,1-2H3,(H,31,33). The van der Waals surface area contributed by atoms with Crippen LogP contribution in [0.15, 0.2) is 59.0 Å². The van der Waals surface area contributed by atoms with Crippen LogP contribution in [0.1, 0.15) is 77.2 Å². The quantitative estimate of drug-likeness (QED) is 0.473. The van der Waals surface area contributed by atoms with Crippen LogP contribution in [-0.2, 0) is 17.8 Å². The second-order valence-electron chi connectivity index (χ2n) is 9.85. The molecule has 2 heterocycles. The molecular formula is C30H34N2O4. The third-order valence-electron chi connectivity index (χ3n) is 7.29. The van der Waals surface area contributed by atoms with Crippen molar-refractivity contribution in [3.05, 3.63) is 88.4 Å². The summed E-state index contributed by atoms with van der Waals surface area (Å²) in [5, 5.41) is 2.74. The van der Waals surface area contributed by atoms with Gasteiger partial charge in [0.25, 0.3) is 5.91 Å². The fourth-order valence-electron chi connectivity index (χ4n) is 5.51. The van der Waals surface area contributed by atoms with Gasteiger partial charge in [-0.15, -0.1) is 0 Å². The van der Waals surface area contributed by atoms with Crippen LogP contribution in [0.2, 0.25) is 0 Å². The van der Waals surface area contributed by atoms with Crippen LogP contribution in [0.4, 0.5) is 0 Å². The Bertz CT molecular complexity index is 1240. The van der Waals surface area contributed by atoms with Gasteiger partial charge in [-0.1, -0.05) is 48.7 Å². The topological polar surface area (TPSA) is 71.8 Å². The lowest BCUT2D eigenvalue weighted by Gasteiger charge is -2.39. The van der Waals surface area contributed by atoms with E-state index in [-0.39, 0.29) is 36.1 Å². The van der Waals surface area contributed by atoms with Crippen LogP contribution in [-0.4, -0.2) is 29.8 Å². The molecule has 36 heavy (non-hydrogen) atoms. The molecule has 1 aromatic heterocycles. The Balaban J connectivity index is 1.41. The largest absolute Gasteiger partial charge is 0.486 e. The van der Waals surface area contributed by atoms with Crippen molar-refractivity contribution in [1.29, 1.82) is 0 Å². The van der Waals surface area contributed by atoms with Crippen LogP contribution in [0, 0.1) is 12.8 Å². The molecular weight excluding hydrogens is 452 g/mol. The average molecular weight is 487 g/mol. The predicted molar refractivity (Wildman–Crippen MR) is 138 cm³/mol. The lowest BCUT2D eigenvalue weighted by Crippen LogP contribution is -2.43. The number of aryl methyl sites for hydroxylation is 1. The maximum atomic E-state index is 13.6. The van der Waals surface area contributed by atoms with Gasteiger partial charge in [0.1, 0.15) is 18.1 Å². The molecule has 3 aromatic rings. The highest BCUT2D eigenvalue weighted by Crippen LogP contribution is 2.40. The number of carbonyl (C=O) groups excluding carboxylic acids is 2. The van der Waals surface area contributed by atoms with Crippen molar-refractivity contribution in [3.8, 4) is 5.75 Å². The van der Waals surface area contributed by atoms with Crippen molar-refractivity contribution in [2.45, 2.75) is 58.6 Å². The maximum Gasteiger partial charge on any atom is 0.286 e. The Hall–Kier alpha value is -3.54. The van der Waals surface area contributed by atoms with Gasteiger partial charge in [-0.2, -0.15) is 0 Å². The zero-order chi connectivity index (χ0) is 25.1. The first-order chi connectivity index (χ1) is 17.5. The molecule has 1 fully saturated rings. The molecule has 1 aliphatic carbocycles. The highest BCUT2D eigenvalue weighted by Gasteiger charge is 2.36. The van der Waals surface area contributed by atoms with E-state index in [1.165, 1.54) is 11.1 Å². The zero-order valence-electron chi connectivity index (χ0n) is 21.1. The smallest absolute Gasteiger partial charge is 0.286 e. The van der Waals surface area contributed by atoms with Gasteiger partial charge in [0.15, 0.2) is 5.76 Å². The van der Waals surface area contributed by atoms with E-state index in [2.05, 4.69) is 53.5 Å². The van der Waals surface area contributed by atoms with Crippen LogP contribution in [0.3, 0.4) is 0 Å². The minimum Gasteiger partial charge on any atom is -0.486 e. The minimum atomic E-state index is -0.231. The summed E-state index contributed by atoms with van der Waals surface area (Å²) in [5.74, 6) is 1.77. The monoisotopic (exact) mass is 486 g/mol. The molecule has 5 rings (SSSR count). The fourth-order valence-corrected chi connectivity index (χ4v) is 5.51. The molecule has 0 radical (unpaired) electrons. The van der Waals surface area contributed by atoms with E-state index in [9.17, 15) is 9.59 Å². The summed E-state index contributed by atoms with van der Waals surface area (Å²) in [7, 11) is 0. The summed E-state index contributed by atoms with van der Waals surface area (Å²) in [6, 6.07) is 17.9. The number of nitrogens with one attached hydrogen (secondary N) is 1. The minimum absolute atomic E-state index is 0.127. The van der Waals surface area contributed by atoms with Gasteiger partial charge in [-0.3, -0.25) is 9.59 Å². The third kappa shape index (κ3) is 5.03. The van der Waals surface area contributed by atoms with Gasteiger partial charge < -0.3 is 19.4 Å². The first-order valence-electron chi connectivity index (χ1n) is 13.0. The van der Waals surface area contributed by atoms with E-state index in [0.717, 1.165) is 55.5 Å². The van der Waals surface area contributed by atoms with E-state index >= 15 is 0 Å². The van der Waals surface area contributed by atoms with Gasteiger partial charge in [0.05, 0.1) is 6.04 Å². The molecule has 6 nitrogen and oxygen atoms in total. The Kier molecular flexibility index (Phi) is 7.12. The molecule has 2 amide bonds. The van der Waals surface area contributed by atoms with Crippen LogP contribution in [0.5, 0.6) is 5.75 Å². The number of rotatable bonds is 7. The summed E-state index contributed by atoms with van der Waals surface area (Å²) in [6.45, 7) is 5.46. The molecule has 0 spiro atoms. The van der Waals surface area contributed by atoms with E-state index in [0.29, 0.717) is 12.3 Å². The van der Waals surface area contributed by atoms with Crippen LogP contribution < -0.4 is 10.1 Å². The van der Waals surface area contributed by atoms with Gasteiger partial charge in [0, 0.05) is 19.0 Å². The number of hydrogen-bond donors (Lipinski definition) is 1. The fraction of sp³-hybridized carbons (Fsp3) is 0.400. The van der Waals surface area contributed by atoms with Crippen LogP contribution >= 0.6 is 0 Å². The highest BCUT2D eigenvalue weighted by molar-refractivity contribution is 5.91. The molecule has 1 atom stereocenters. The molecule has 0 saturated heterocycles. The number of fused-ring (bicyclic) bond motifs is 1. The van der Waals surface area contributed by atoms with E-state index in [4.69, 9.17) is 9.15 Å². The lowest BCUT2D eigenvalue weighted by molar-refractivity contribution is -0.137. The number of benzene rings is 2. The number of nitrogens with zero attached hydrogens (tertiary/aromatic N) is 1. The van der Waals surface area contributed by atoms with Gasteiger partial charge in [-0.05, 0) is 74.1 Å². The van der Waals surface area contributed by atoms with Crippen LogP contribution in [0.25, 0.3) is 0 Å². The summed E-state index contributed by atoms with van der Waals surface area (Å²) >= 11 is 0. The van der Waals surface area contributed by atoms with Crippen molar-refractivity contribution in [2.24, 2.45) is 5.92 Å². The summed E-state index contributed by atoms with van der Waals surface area (Å²) in [4.78, 5) is 27.7. The number of carbonyl (C=O) groups is 2. The second kappa shape index (κ2) is 10.6. The lowest BCUT2D eigenvalue weighted by atomic mass is 9.86. The van der Waals surface area contributed by atoms with Gasteiger partial charge >= 0.3 is 0 Å². The average Bonchev–Trinajstić information content (AvgIpc) is 3.59. The Morgan fingerprint density at radius 1 is 1.08 bits per heavy atom. The van der Waals surface area contributed by atoms with Crippen molar-refractivity contribution in [3.63, 3.8) is 0 Å². The Morgan fingerprint density at radius 2 is 1.92 bits per heavy atom. The highest BCUT2D eigenvalue weighted by atomic mass is 16.5. The second-order valence-corrected chi connectivity index (χ2v) is 9.85. The summed E-state index contributed by atoms with van der Waals surface area (Å²) in [6.07, 6.45) is 5.11. The molecule has 1 saturated carbocycles. The number of ether oxygens (including phenoxy) is 1. The van der Waals surface area contributed by atoms with Crippen molar-refractivity contribution in [1.82, 2.24) is 10.2 Å². The third-order valence-corrected chi connectivity index (χ3v) is 7.29. The Labute approximate surface area is 212 Å². The van der Waals surface area contributed by atoms with Crippen molar-refractivity contribution >= 4 is 11.8 Å². The molecule has 6 heteroatoms. The van der Waals surface area contributed by atoms with Crippen molar-refractivity contribution < 1.29 is 18.7 Å². The molecule has 1 aliphatic heterocycles. The van der Waals surface area contributed by atoms with E-state index in [1.807, 2.05) is 13.0 Å².